The Hall–Kier alpha value is -5.18. The Bertz CT molecular complexity index is 4190. The van der Waals surface area contributed by atoms with E-state index in [4.69, 9.17) is 55.9 Å². The van der Waals surface area contributed by atoms with E-state index < -0.39 is 99.4 Å². The molecule has 482 valence electrons. The van der Waals surface area contributed by atoms with Gasteiger partial charge in [0.05, 0.1) is 69.5 Å². The first-order valence-corrected chi connectivity index (χ1v) is 37.8. The molecule has 0 saturated carbocycles. The Balaban J connectivity index is 0.000000237. The summed E-state index contributed by atoms with van der Waals surface area (Å²) in [4.78, 5) is 27.4. The number of sulfonamides is 2. The zero-order chi connectivity index (χ0) is 67.1. The van der Waals surface area contributed by atoms with E-state index >= 15 is 0 Å². The fraction of sp³-hybridized carbons (Fsp3) is 0.362. The average Bonchev–Trinajstić information content (AvgIpc) is 2.10. The number of hydrogen-bond acceptors (Lipinski definition) is 12. The average molecular weight is 1460 g/mol. The number of aliphatic hydroxyl groups is 1. The van der Waals surface area contributed by atoms with E-state index in [-0.39, 0.29) is 41.8 Å². The van der Waals surface area contributed by atoms with Crippen molar-refractivity contribution in [2.24, 2.45) is 0 Å². The van der Waals surface area contributed by atoms with Crippen LogP contribution in [0.15, 0.2) is 112 Å². The highest BCUT2D eigenvalue weighted by Crippen LogP contribution is 2.44. The minimum Gasteiger partial charge on any atom is -0.382 e. The highest BCUT2D eigenvalue weighted by molar-refractivity contribution is 9.10. The summed E-state index contributed by atoms with van der Waals surface area (Å²) >= 11 is 26.9. The van der Waals surface area contributed by atoms with Gasteiger partial charge in [0.25, 0.3) is 20.0 Å². The van der Waals surface area contributed by atoms with E-state index in [9.17, 15) is 53.1 Å². The van der Waals surface area contributed by atoms with Crippen LogP contribution in [0, 0.1) is 13.8 Å². The molecule has 1 N–H and O–H groups in total. The third-order valence-electron chi connectivity index (χ3n) is 15.7. The highest BCUT2D eigenvalue weighted by atomic mass is 79.9. The number of aromatic nitrogens is 6. The molecule has 1 atom stereocenters. The number of benzene rings is 2. The number of methoxy groups -OCH3 is 2. The van der Waals surface area contributed by atoms with Crippen LogP contribution >= 0.6 is 62.3 Å². The number of ether oxygens (including phenoxy) is 2. The number of aliphatic hydroxyl groups excluding tert-OH is 1. The number of alkyl halides is 6. The van der Waals surface area contributed by atoms with Gasteiger partial charge in [-0.2, -0.15) is 26.3 Å². The van der Waals surface area contributed by atoms with E-state index in [1.54, 1.807) is 38.4 Å². The number of aryl methyl sites for hydroxylation is 2. The van der Waals surface area contributed by atoms with Crippen molar-refractivity contribution in [3.63, 3.8) is 0 Å². The number of fused-ring (bicyclic) bond motifs is 2. The van der Waals surface area contributed by atoms with Crippen molar-refractivity contribution in [2.45, 2.75) is 120 Å². The quantitative estimate of drug-likeness (QED) is 0.0336. The Kier molecular flexibility index (Phi) is 22.3. The van der Waals surface area contributed by atoms with Gasteiger partial charge in [-0.05, 0) is 131 Å². The predicted molar refractivity (Wildman–Crippen MR) is 346 cm³/mol. The lowest BCUT2D eigenvalue weighted by molar-refractivity contribution is -0.138. The van der Waals surface area contributed by atoms with Crippen LogP contribution in [0.3, 0.4) is 0 Å². The lowest BCUT2D eigenvalue weighted by atomic mass is 10.0. The van der Waals surface area contributed by atoms with E-state index in [0.29, 0.717) is 44.4 Å². The van der Waals surface area contributed by atoms with Gasteiger partial charge in [0.1, 0.15) is 35.5 Å². The van der Waals surface area contributed by atoms with Crippen LogP contribution in [0.4, 0.5) is 37.7 Å². The minimum atomic E-state index is -4.90. The second-order valence-corrected chi connectivity index (χ2v) is 39.7. The third-order valence-corrected chi connectivity index (χ3v) is 31.7. The van der Waals surface area contributed by atoms with Crippen molar-refractivity contribution in [1.82, 2.24) is 28.4 Å². The third kappa shape index (κ3) is 15.2. The number of pyridine rings is 4. The van der Waals surface area contributed by atoms with Crippen molar-refractivity contribution in [1.29, 1.82) is 0 Å². The number of rotatable bonds is 15. The van der Waals surface area contributed by atoms with Gasteiger partial charge in [0.2, 0.25) is 0 Å². The molecule has 0 radical (unpaired) electrons. The Morgan fingerprint density at radius 3 is 1.45 bits per heavy atom. The van der Waals surface area contributed by atoms with Crippen molar-refractivity contribution in [2.75, 3.05) is 36.3 Å². The summed E-state index contributed by atoms with van der Waals surface area (Å²) in [6.45, 7) is 24.5. The molecule has 6 aromatic heterocycles. The molecule has 0 fully saturated rings. The van der Waals surface area contributed by atoms with Crippen LogP contribution in [-0.4, -0.2) is 101 Å². The van der Waals surface area contributed by atoms with Crippen LogP contribution in [0.25, 0.3) is 22.1 Å². The smallest absolute Gasteiger partial charge is 0.382 e. The lowest BCUT2D eigenvalue weighted by Gasteiger charge is -2.38. The molecule has 2 aromatic carbocycles. The topological polar surface area (TPSA) is 192 Å². The van der Waals surface area contributed by atoms with Gasteiger partial charge in [-0.3, -0.25) is 9.78 Å². The zero-order valence-corrected chi connectivity index (χ0v) is 58.9. The molecule has 1 unspecified atom stereocenters. The lowest BCUT2D eigenvalue weighted by Crippen LogP contribution is -2.45. The van der Waals surface area contributed by atoms with Gasteiger partial charge in [0.15, 0.2) is 22.8 Å². The molecule has 0 aliphatic rings. The SMILES string of the molecule is CC(C)(C)[Si](C)(C)n1ccc2c(C=O)ccnc21.COCN(c1cc(Cl)c(C)nc1Br)S(=O)(=O)c1ccc(Cl)c(C(F)(F)F)c1.COCN(c1cc(Cl)c(C)nc1C(O)c1ccnc2c1ccn2[Si](C)(C)C(C)(C)C)S(=O)(=O)c1ccc(Cl)c(C(F)(F)F)c1. The van der Waals surface area contributed by atoms with Crippen LogP contribution in [-0.2, 0) is 41.9 Å². The number of nitrogens with zero attached hydrogens (tertiary/aromatic N) is 8. The molecular weight excluding hydrogens is 1390 g/mol. The molecule has 89 heavy (non-hydrogen) atoms. The molecule has 31 heteroatoms. The monoisotopic (exact) mass is 1450 g/mol. The number of aldehydes is 1. The van der Waals surface area contributed by atoms with Crippen molar-refractivity contribution < 1.29 is 62.6 Å². The van der Waals surface area contributed by atoms with Gasteiger partial charge in [-0.1, -0.05) is 114 Å². The molecule has 6 heterocycles. The molecule has 16 nitrogen and oxygen atoms in total. The molecule has 0 saturated heterocycles. The molecule has 8 rings (SSSR count). The first-order chi connectivity index (χ1) is 40.9. The van der Waals surface area contributed by atoms with Gasteiger partial charge >= 0.3 is 12.4 Å². The molecular formula is C58H65BrCl4F6N8O8S2Si2. The molecule has 0 aliphatic carbocycles. The fourth-order valence-corrected chi connectivity index (χ4v) is 16.8. The summed E-state index contributed by atoms with van der Waals surface area (Å²) in [7, 11) is -10.5. The Labute approximate surface area is 543 Å². The summed E-state index contributed by atoms with van der Waals surface area (Å²) in [6, 6.07) is 14.4. The maximum absolute atomic E-state index is 13.9. The summed E-state index contributed by atoms with van der Waals surface area (Å²) in [6.07, 6.45) is -3.00. The van der Waals surface area contributed by atoms with Crippen LogP contribution < -0.4 is 8.61 Å². The molecule has 0 spiro atoms. The fourth-order valence-electron chi connectivity index (χ4n) is 8.73. The van der Waals surface area contributed by atoms with Crippen LogP contribution in [0.5, 0.6) is 0 Å². The maximum atomic E-state index is 13.9. The Morgan fingerprint density at radius 2 is 1.02 bits per heavy atom. The largest absolute Gasteiger partial charge is 0.417 e. The Morgan fingerprint density at radius 1 is 0.618 bits per heavy atom. The van der Waals surface area contributed by atoms with Crippen LogP contribution in [0.2, 0.25) is 56.4 Å². The normalized spacial score (nSPS) is 13.2. The highest BCUT2D eigenvalue weighted by Gasteiger charge is 2.42. The number of carbonyl (C=O) groups is 1. The van der Waals surface area contributed by atoms with Gasteiger partial charge in [-0.15, -0.1) is 0 Å². The van der Waals surface area contributed by atoms with E-state index in [1.165, 1.54) is 26.4 Å². The first kappa shape index (κ1) is 72.9. The van der Waals surface area contributed by atoms with E-state index in [2.05, 4.69) is 118 Å². The number of anilines is 2. The van der Waals surface area contributed by atoms with Crippen LogP contribution in [0.1, 0.15) is 91.8 Å². The van der Waals surface area contributed by atoms with E-state index in [0.717, 1.165) is 51.5 Å². The van der Waals surface area contributed by atoms with Gasteiger partial charge in [-0.25, -0.2) is 40.4 Å². The second kappa shape index (κ2) is 27.2. The molecule has 0 aliphatic heterocycles. The summed E-state index contributed by atoms with van der Waals surface area (Å²) in [5.41, 5.74) is 0.621. The zero-order valence-electron chi connectivity index (χ0n) is 50.7. The number of hydrogen-bond donors (Lipinski definition) is 1. The first-order valence-electron chi connectivity index (χ1n) is 26.7. The summed E-state index contributed by atoms with van der Waals surface area (Å²) in [5, 5.41) is 12.6. The van der Waals surface area contributed by atoms with Crippen molar-refractivity contribution in [3.05, 3.63) is 162 Å². The van der Waals surface area contributed by atoms with Crippen molar-refractivity contribution in [3.8, 4) is 0 Å². The number of carbonyl (C=O) groups excluding carboxylic acids is 1. The standard InChI is InChI=1S/C29H33Cl2F3N4O4SSi.C15H12BrCl2F3N2O3S.C14H20N2OSi/c1-17-23(31)15-24(37(16-42-5)43(40,41)18-8-9-22(30)21(14-18)29(32,33)34)25(36-17)26(39)19-10-12-35-27-20(19)11-13-38(27)44(6,7)28(2,3)4;1-8-12(18)6-13(14(16)22-8)23(7-26-2)27(24,25)9-3-4-11(17)10(5-9)15(19,20)21;1-14(2,3)18(4,5)16-9-7-12-11(10-17)6-8-15-13(12)16/h8-15,26,39H,16H2,1-7H3;3-6H,7H2,1-2H3;6-10H,1-5H3. The van der Waals surface area contributed by atoms with Crippen molar-refractivity contribution >= 4 is 139 Å². The number of halogens is 11. The molecule has 8 aromatic rings. The van der Waals surface area contributed by atoms with E-state index in [1.807, 2.05) is 18.3 Å². The summed E-state index contributed by atoms with van der Waals surface area (Å²) in [5.74, 6) is 0. The molecule has 0 bridgehead atoms. The predicted octanol–water partition coefficient (Wildman–Crippen LogP) is 16.8. The van der Waals surface area contributed by atoms with Gasteiger partial charge in [0, 0.05) is 42.9 Å². The molecule has 0 amide bonds. The summed E-state index contributed by atoms with van der Waals surface area (Å²) < 4.78 is 150. The second-order valence-electron chi connectivity index (χ2n) is 23.4. The van der Waals surface area contributed by atoms with Gasteiger partial charge < -0.3 is 23.0 Å². The minimum absolute atomic E-state index is 0.0101. The maximum Gasteiger partial charge on any atom is 0.417 e.